The molecule has 2 aromatic carbocycles. The van der Waals surface area contributed by atoms with Gasteiger partial charge in [0.15, 0.2) is 5.16 Å². The van der Waals surface area contributed by atoms with Gasteiger partial charge in [0.1, 0.15) is 0 Å². The van der Waals surface area contributed by atoms with Gasteiger partial charge in [-0.15, -0.1) is 11.8 Å². The van der Waals surface area contributed by atoms with Gasteiger partial charge in [-0.2, -0.15) is 15.0 Å². The molecule has 0 atom stereocenters. The van der Waals surface area contributed by atoms with E-state index < -0.39 is 0 Å². The summed E-state index contributed by atoms with van der Waals surface area (Å²) in [6.07, 6.45) is 5.69. The van der Waals surface area contributed by atoms with E-state index in [4.69, 9.17) is 10.4 Å². The second-order valence-corrected chi connectivity index (χ2v) is 10.6. The highest BCUT2D eigenvalue weighted by Crippen LogP contribution is 2.29. The van der Waals surface area contributed by atoms with Gasteiger partial charge in [0, 0.05) is 43.0 Å². The third-order valence-electron chi connectivity index (χ3n) is 5.62. The Balaban J connectivity index is 0.000000494. The first-order valence-electron chi connectivity index (χ1n) is 12.1. The molecule has 1 aromatic heterocycles. The fourth-order valence-electron chi connectivity index (χ4n) is 3.37. The van der Waals surface area contributed by atoms with Crippen LogP contribution in [0, 0.1) is 12.3 Å². The van der Waals surface area contributed by atoms with Crippen LogP contribution in [0.1, 0.15) is 12.5 Å². The Morgan fingerprint density at radius 1 is 1.03 bits per heavy atom. The summed E-state index contributed by atoms with van der Waals surface area (Å²) >= 11 is 3.02. The van der Waals surface area contributed by atoms with Gasteiger partial charge in [-0.05, 0) is 68.1 Å². The number of carbonyl (C=O) groups excluding carboxylic acids is 1. The van der Waals surface area contributed by atoms with Crippen molar-refractivity contribution in [1.29, 1.82) is 5.41 Å². The topological polar surface area (TPSA) is 101 Å². The molecule has 0 aliphatic carbocycles. The predicted octanol–water partition coefficient (Wildman–Crippen LogP) is 4.98. The number of rotatable bonds is 9. The van der Waals surface area contributed by atoms with Crippen LogP contribution in [0.25, 0.3) is 0 Å². The lowest BCUT2D eigenvalue weighted by molar-refractivity contribution is -0.105. The van der Waals surface area contributed by atoms with Crippen LogP contribution in [0.15, 0.2) is 75.8 Å². The molecular formula is C27H34N8OS2. The second-order valence-electron chi connectivity index (χ2n) is 8.53. The Morgan fingerprint density at radius 3 is 2.26 bits per heavy atom. The third kappa shape index (κ3) is 9.16. The van der Waals surface area contributed by atoms with Gasteiger partial charge in [-0.25, -0.2) is 0 Å². The largest absolute Gasteiger partial charge is 0.338 e. The summed E-state index contributed by atoms with van der Waals surface area (Å²) in [5, 5.41) is 11.0. The van der Waals surface area contributed by atoms with Crippen molar-refractivity contribution >= 4 is 53.9 Å². The van der Waals surface area contributed by atoms with Crippen LogP contribution in [-0.4, -0.2) is 72.1 Å². The Hall–Kier alpha value is -3.41. The lowest BCUT2D eigenvalue weighted by Crippen LogP contribution is -2.45. The van der Waals surface area contributed by atoms with Crippen LogP contribution in [0.5, 0.6) is 0 Å². The molecule has 0 radical (unpaired) electrons. The fourth-order valence-corrected chi connectivity index (χ4v) is 4.33. The molecule has 0 bridgehead atoms. The zero-order chi connectivity index (χ0) is 27.3. The summed E-state index contributed by atoms with van der Waals surface area (Å²) in [7, 11) is 2.10. The number of nitrogens with zero attached hydrogens (tertiary/aromatic N) is 6. The average molecular weight is 551 g/mol. The molecular weight excluding hydrogens is 516 g/mol. The zero-order valence-electron chi connectivity index (χ0n) is 22.2. The molecule has 1 amide bonds. The van der Waals surface area contributed by atoms with Crippen molar-refractivity contribution in [2.24, 2.45) is 0 Å². The van der Waals surface area contributed by atoms with Crippen LogP contribution in [0.2, 0.25) is 0 Å². The molecule has 1 aliphatic heterocycles. The highest BCUT2D eigenvalue weighted by Gasteiger charge is 2.20. The molecule has 0 saturated carbocycles. The summed E-state index contributed by atoms with van der Waals surface area (Å²) in [5.74, 6) is 1.02. The number of anilines is 3. The number of aryl methyl sites for hydroxylation is 1. The van der Waals surface area contributed by atoms with E-state index >= 15 is 0 Å². The normalized spacial score (nSPS) is 13.8. The minimum Gasteiger partial charge on any atom is -0.338 e. The van der Waals surface area contributed by atoms with Gasteiger partial charge in [-0.3, -0.25) is 15.1 Å². The summed E-state index contributed by atoms with van der Waals surface area (Å²) in [6.45, 7) is 7.61. The lowest BCUT2D eigenvalue weighted by Gasteiger charge is -2.32. The van der Waals surface area contributed by atoms with Crippen molar-refractivity contribution in [2.75, 3.05) is 54.6 Å². The molecule has 9 nitrogen and oxygen atoms in total. The van der Waals surface area contributed by atoms with E-state index in [9.17, 15) is 4.79 Å². The first-order chi connectivity index (χ1) is 18.4. The summed E-state index contributed by atoms with van der Waals surface area (Å²) in [6, 6.07) is 17.7. The minimum absolute atomic E-state index is 0.411. The molecule has 4 rings (SSSR count). The van der Waals surface area contributed by atoms with E-state index in [2.05, 4.69) is 51.2 Å². The van der Waals surface area contributed by atoms with Crippen LogP contribution in [-0.2, 0) is 4.79 Å². The first-order valence-corrected chi connectivity index (χ1v) is 14.2. The molecule has 1 fully saturated rings. The fraction of sp³-hybridized carbons (Fsp3) is 0.296. The van der Waals surface area contributed by atoms with Crippen LogP contribution in [0.4, 0.5) is 17.6 Å². The maximum Gasteiger partial charge on any atom is 0.240 e. The van der Waals surface area contributed by atoms with E-state index in [1.807, 2.05) is 61.8 Å². The highest BCUT2D eigenvalue weighted by atomic mass is 32.2. The van der Waals surface area contributed by atoms with Gasteiger partial charge in [0.25, 0.3) is 0 Å². The van der Waals surface area contributed by atoms with Gasteiger partial charge < -0.3 is 15.1 Å². The molecule has 3 aromatic rings. The minimum atomic E-state index is 0.411. The summed E-state index contributed by atoms with van der Waals surface area (Å²) in [4.78, 5) is 32.6. The second kappa shape index (κ2) is 15.1. The molecule has 0 spiro atoms. The number of allylic oxidation sites excluding steroid dienone is 1. The number of thioether (sulfide) groups is 1. The van der Waals surface area contributed by atoms with E-state index in [0.29, 0.717) is 23.5 Å². The molecule has 200 valence electrons. The van der Waals surface area contributed by atoms with Gasteiger partial charge >= 0.3 is 0 Å². The zero-order valence-corrected chi connectivity index (χ0v) is 23.8. The van der Waals surface area contributed by atoms with Crippen LogP contribution >= 0.6 is 23.5 Å². The number of nitrogens with one attached hydrogen (secondary N) is 2. The highest BCUT2D eigenvalue weighted by molar-refractivity contribution is 8.02. The molecule has 2 N–H and O–H groups in total. The number of piperazine rings is 1. The predicted molar refractivity (Wildman–Crippen MR) is 160 cm³/mol. The Morgan fingerprint density at radius 2 is 1.71 bits per heavy atom. The van der Waals surface area contributed by atoms with Crippen molar-refractivity contribution < 1.29 is 4.79 Å². The van der Waals surface area contributed by atoms with Crippen molar-refractivity contribution in [3.8, 4) is 0 Å². The number of benzene rings is 2. The molecule has 1 saturated heterocycles. The standard InChI is InChI=1S/C20H26N8OS2.C7H8/c1-15(30-3)12-28(13-21)19-23-18(27-10-8-26(2)9-11-27)24-20(25-19)31-17-6-4-16(5-7-17)22-14-29;1-7-5-3-2-4-6-7/h4-7,12-14,21H,8-11H2,1-3H3,(H,22,29);2-6H,1H3/b15-12-,21-13?;. The van der Waals surface area contributed by atoms with E-state index in [1.54, 1.807) is 16.7 Å². The number of likely N-dealkylation sites (N-methyl/N-ethyl adjacent to an activating group) is 1. The third-order valence-corrected chi connectivity index (χ3v) is 7.24. The monoisotopic (exact) mass is 550 g/mol. The quantitative estimate of drug-likeness (QED) is 0.217. The van der Waals surface area contributed by atoms with E-state index in [0.717, 1.165) is 41.7 Å². The van der Waals surface area contributed by atoms with Crippen LogP contribution < -0.4 is 15.1 Å². The molecule has 11 heteroatoms. The van der Waals surface area contributed by atoms with Crippen molar-refractivity contribution in [3.63, 3.8) is 0 Å². The molecule has 2 heterocycles. The number of aromatic nitrogens is 3. The van der Waals surface area contributed by atoms with Gasteiger partial charge in [0.2, 0.25) is 18.3 Å². The molecule has 1 aliphatic rings. The summed E-state index contributed by atoms with van der Waals surface area (Å²) in [5.41, 5.74) is 2.05. The average Bonchev–Trinajstić information content (AvgIpc) is 2.94. The molecule has 38 heavy (non-hydrogen) atoms. The molecule has 0 unspecified atom stereocenters. The van der Waals surface area contributed by atoms with E-state index in [-0.39, 0.29) is 0 Å². The summed E-state index contributed by atoms with van der Waals surface area (Å²) < 4.78 is 0. The van der Waals surface area contributed by atoms with E-state index in [1.165, 1.54) is 23.7 Å². The van der Waals surface area contributed by atoms with Crippen molar-refractivity contribution in [2.45, 2.75) is 23.9 Å². The van der Waals surface area contributed by atoms with Crippen molar-refractivity contribution in [1.82, 2.24) is 19.9 Å². The lowest BCUT2D eigenvalue weighted by atomic mass is 10.2. The SMILES string of the molecule is CS/C(C)=C\N(C=N)c1nc(Sc2ccc(NC=O)cc2)nc(N2CCN(C)CC2)n1.Cc1ccccc1. The first kappa shape index (κ1) is 29.2. The number of hydrogen-bond acceptors (Lipinski definition) is 9. The Kier molecular flexibility index (Phi) is 11.6. The maximum atomic E-state index is 10.6. The van der Waals surface area contributed by atoms with Crippen molar-refractivity contribution in [3.05, 3.63) is 71.3 Å². The smallest absolute Gasteiger partial charge is 0.240 e. The maximum absolute atomic E-state index is 10.6. The number of hydrogen-bond donors (Lipinski definition) is 2. The number of carbonyl (C=O) groups is 1. The number of amides is 1. The van der Waals surface area contributed by atoms with Crippen LogP contribution in [0.3, 0.4) is 0 Å². The Bertz CT molecular complexity index is 1200. The van der Waals surface area contributed by atoms with Gasteiger partial charge in [0.05, 0.1) is 6.34 Å². The Labute approximate surface area is 233 Å². The van der Waals surface area contributed by atoms with Gasteiger partial charge in [-0.1, -0.05) is 35.9 Å².